The Morgan fingerprint density at radius 2 is 1.79 bits per heavy atom. The van der Waals surface area contributed by atoms with Crippen LogP contribution in [0.4, 0.5) is 5.69 Å². The van der Waals surface area contributed by atoms with Crippen LogP contribution in [0.25, 0.3) is 5.69 Å². The van der Waals surface area contributed by atoms with Crippen LogP contribution in [-0.2, 0) is 11.2 Å². The molecule has 0 aliphatic heterocycles. The number of amides is 1. The lowest BCUT2D eigenvalue weighted by Gasteiger charge is -2.10. The molecule has 1 heterocycles. The van der Waals surface area contributed by atoms with E-state index >= 15 is 0 Å². The molecule has 3 rings (SSSR count). The van der Waals surface area contributed by atoms with E-state index in [2.05, 4.69) is 23.3 Å². The smallest absolute Gasteiger partial charge is 0.287 e. The number of nitrogens with zero attached hydrogens (tertiary/aromatic N) is 2. The van der Waals surface area contributed by atoms with Crippen molar-refractivity contribution in [3.8, 4) is 5.69 Å². The maximum Gasteiger partial charge on any atom is 0.287 e. The molecule has 0 fully saturated rings. The second kappa shape index (κ2) is 8.89. The van der Waals surface area contributed by atoms with Crippen LogP contribution < -0.4 is 10.9 Å². The number of carbonyl (C=O) groups is 1. The van der Waals surface area contributed by atoms with Gasteiger partial charge in [-0.15, -0.1) is 0 Å². The predicted molar refractivity (Wildman–Crippen MR) is 114 cm³/mol. The molecule has 5 nitrogen and oxygen atoms in total. The van der Waals surface area contributed by atoms with Gasteiger partial charge in [0.1, 0.15) is 0 Å². The zero-order valence-corrected chi connectivity index (χ0v) is 17.0. The van der Waals surface area contributed by atoms with Gasteiger partial charge in [-0.3, -0.25) is 14.2 Å². The fraction of sp³-hybridized carbons (Fsp3) is 0.227. The van der Waals surface area contributed by atoms with Gasteiger partial charge in [0.15, 0.2) is 5.03 Å². The van der Waals surface area contributed by atoms with Crippen molar-refractivity contribution in [3.05, 3.63) is 81.9 Å². The fourth-order valence-electron chi connectivity index (χ4n) is 2.94. The van der Waals surface area contributed by atoms with Crippen molar-refractivity contribution in [3.63, 3.8) is 0 Å². The molecule has 3 aromatic rings. The lowest BCUT2D eigenvalue weighted by atomic mass is 10.1. The van der Waals surface area contributed by atoms with Gasteiger partial charge in [0, 0.05) is 23.8 Å². The Bertz CT molecular complexity index is 1020. The van der Waals surface area contributed by atoms with Crippen molar-refractivity contribution < 1.29 is 4.79 Å². The molecule has 0 saturated heterocycles. The first-order chi connectivity index (χ1) is 13.5. The molecule has 1 amide bonds. The summed E-state index contributed by atoms with van der Waals surface area (Å²) in [5.74, 6) is -0.0495. The number of hydrogen-bond donors (Lipinski definition) is 1. The highest BCUT2D eigenvalue weighted by molar-refractivity contribution is 7.99. The first-order valence-corrected chi connectivity index (χ1v) is 10.1. The van der Waals surface area contributed by atoms with E-state index in [1.54, 1.807) is 17.0 Å². The average Bonchev–Trinajstić information content (AvgIpc) is 2.67. The molecule has 144 valence electrons. The Kier molecular flexibility index (Phi) is 6.31. The van der Waals surface area contributed by atoms with Crippen molar-refractivity contribution in [1.82, 2.24) is 9.55 Å². The van der Waals surface area contributed by atoms with E-state index in [1.807, 2.05) is 50.2 Å². The highest BCUT2D eigenvalue weighted by atomic mass is 32.2. The molecule has 2 aromatic carbocycles. The summed E-state index contributed by atoms with van der Waals surface area (Å²) in [7, 11) is 0. The molecular weight excluding hydrogens is 370 g/mol. The Morgan fingerprint density at radius 3 is 2.43 bits per heavy atom. The van der Waals surface area contributed by atoms with E-state index in [9.17, 15) is 9.59 Å². The van der Waals surface area contributed by atoms with E-state index in [4.69, 9.17) is 0 Å². The van der Waals surface area contributed by atoms with Gasteiger partial charge in [0.25, 0.3) is 5.56 Å². The summed E-state index contributed by atoms with van der Waals surface area (Å²) in [5.41, 5.74) is 4.71. The van der Waals surface area contributed by atoms with Crippen LogP contribution in [0.15, 0.2) is 64.7 Å². The third-order valence-electron chi connectivity index (χ3n) is 4.28. The van der Waals surface area contributed by atoms with Gasteiger partial charge in [-0.25, -0.2) is 4.98 Å². The molecular formula is C22H23N3O2S. The number of anilines is 1. The first kappa shape index (κ1) is 19.9. The zero-order valence-electron chi connectivity index (χ0n) is 16.2. The summed E-state index contributed by atoms with van der Waals surface area (Å²) in [5, 5.41) is 3.15. The molecule has 0 bridgehead atoms. The van der Waals surface area contributed by atoms with Crippen LogP contribution in [0.2, 0.25) is 0 Å². The Balaban J connectivity index is 1.70. The van der Waals surface area contributed by atoms with Crippen LogP contribution in [0.1, 0.15) is 23.6 Å². The summed E-state index contributed by atoms with van der Waals surface area (Å²) in [4.78, 5) is 29.2. The molecule has 1 aromatic heterocycles. The Hall–Kier alpha value is -2.86. The minimum Gasteiger partial charge on any atom is -0.325 e. The largest absolute Gasteiger partial charge is 0.325 e. The number of thioether (sulfide) groups is 1. The topological polar surface area (TPSA) is 64.0 Å². The summed E-state index contributed by atoms with van der Waals surface area (Å²) < 4.78 is 1.57. The number of benzene rings is 2. The molecule has 0 atom stereocenters. The third kappa shape index (κ3) is 4.89. The molecule has 0 spiro atoms. The van der Waals surface area contributed by atoms with Gasteiger partial charge in [0.05, 0.1) is 5.75 Å². The predicted octanol–water partition coefficient (Wildman–Crippen LogP) is 4.14. The molecule has 0 aliphatic carbocycles. The van der Waals surface area contributed by atoms with E-state index < -0.39 is 0 Å². The Morgan fingerprint density at radius 1 is 1.11 bits per heavy atom. The quantitative estimate of drug-likeness (QED) is 0.639. The maximum absolute atomic E-state index is 12.8. The van der Waals surface area contributed by atoms with Crippen LogP contribution in [0.5, 0.6) is 0 Å². The number of nitrogens with one attached hydrogen (secondary N) is 1. The second-order valence-corrected chi connectivity index (χ2v) is 7.60. The molecule has 1 N–H and O–H groups in total. The average molecular weight is 394 g/mol. The first-order valence-electron chi connectivity index (χ1n) is 9.14. The molecule has 28 heavy (non-hydrogen) atoms. The van der Waals surface area contributed by atoms with E-state index in [0.29, 0.717) is 5.03 Å². The van der Waals surface area contributed by atoms with Crippen LogP contribution in [0, 0.1) is 13.8 Å². The summed E-state index contributed by atoms with van der Waals surface area (Å²) in [6.07, 6.45) is 4.19. The minimum atomic E-state index is -0.224. The molecule has 0 aliphatic rings. The van der Waals surface area contributed by atoms with Crippen molar-refractivity contribution in [2.75, 3.05) is 11.1 Å². The zero-order chi connectivity index (χ0) is 20.1. The number of hydrogen-bond acceptors (Lipinski definition) is 4. The lowest BCUT2D eigenvalue weighted by Crippen LogP contribution is -2.22. The number of aromatic nitrogens is 2. The molecule has 0 radical (unpaired) electrons. The van der Waals surface area contributed by atoms with Gasteiger partial charge in [0.2, 0.25) is 5.91 Å². The van der Waals surface area contributed by atoms with Crippen LogP contribution in [-0.4, -0.2) is 21.2 Å². The number of aryl methyl sites for hydroxylation is 3. The SMILES string of the molecule is CCc1ccc(NC(=O)CSc2nccn(-c3cc(C)cc(C)c3)c2=O)cc1. The maximum atomic E-state index is 12.8. The van der Waals surface area contributed by atoms with Gasteiger partial charge in [-0.1, -0.05) is 36.9 Å². The normalized spacial score (nSPS) is 10.7. The summed E-state index contributed by atoms with van der Waals surface area (Å²) >= 11 is 1.14. The highest BCUT2D eigenvalue weighted by Crippen LogP contribution is 2.16. The lowest BCUT2D eigenvalue weighted by molar-refractivity contribution is -0.113. The van der Waals surface area contributed by atoms with Crippen molar-refractivity contribution >= 4 is 23.4 Å². The minimum absolute atomic E-state index is 0.120. The van der Waals surface area contributed by atoms with E-state index in [1.165, 1.54) is 5.56 Å². The van der Waals surface area contributed by atoms with Crippen LogP contribution >= 0.6 is 11.8 Å². The van der Waals surface area contributed by atoms with Gasteiger partial charge >= 0.3 is 0 Å². The monoisotopic (exact) mass is 393 g/mol. The van der Waals surface area contributed by atoms with Crippen molar-refractivity contribution in [1.29, 1.82) is 0 Å². The molecule has 0 unspecified atom stereocenters. The Labute approximate surface area is 168 Å². The fourth-order valence-corrected chi connectivity index (χ4v) is 3.64. The van der Waals surface area contributed by atoms with Gasteiger partial charge < -0.3 is 5.32 Å². The molecule has 6 heteroatoms. The highest BCUT2D eigenvalue weighted by Gasteiger charge is 2.11. The van der Waals surface area contributed by atoms with Crippen molar-refractivity contribution in [2.45, 2.75) is 32.2 Å². The van der Waals surface area contributed by atoms with Crippen LogP contribution in [0.3, 0.4) is 0 Å². The van der Waals surface area contributed by atoms with Gasteiger partial charge in [-0.05, 0) is 61.2 Å². The number of carbonyl (C=O) groups excluding carboxylic acids is 1. The summed E-state index contributed by atoms with van der Waals surface area (Å²) in [6.45, 7) is 6.08. The van der Waals surface area contributed by atoms with E-state index in [0.717, 1.165) is 40.7 Å². The third-order valence-corrected chi connectivity index (χ3v) is 5.24. The number of rotatable bonds is 6. The summed E-state index contributed by atoms with van der Waals surface area (Å²) in [6, 6.07) is 13.7. The van der Waals surface area contributed by atoms with Crippen molar-refractivity contribution in [2.24, 2.45) is 0 Å². The standard InChI is InChI=1S/C22H23N3O2S/c1-4-17-5-7-18(8-6-17)24-20(26)14-28-21-22(27)25(10-9-23-21)19-12-15(2)11-16(3)13-19/h5-13H,4,14H2,1-3H3,(H,24,26). The second-order valence-electron chi connectivity index (χ2n) is 6.64. The van der Waals surface area contributed by atoms with Gasteiger partial charge in [-0.2, -0.15) is 0 Å². The van der Waals surface area contributed by atoms with E-state index in [-0.39, 0.29) is 17.2 Å². The molecule has 0 saturated carbocycles.